The summed E-state index contributed by atoms with van der Waals surface area (Å²) in [5, 5.41) is 27.5. The third kappa shape index (κ3) is 5.20. The van der Waals surface area contributed by atoms with Crippen molar-refractivity contribution in [2.45, 2.75) is 69.2 Å². The molecule has 1 unspecified atom stereocenters. The van der Waals surface area contributed by atoms with E-state index in [9.17, 15) is 19.8 Å². The van der Waals surface area contributed by atoms with Gasteiger partial charge in [-0.25, -0.2) is 9.78 Å². The van der Waals surface area contributed by atoms with Crippen molar-refractivity contribution in [1.82, 2.24) is 20.6 Å². The summed E-state index contributed by atoms with van der Waals surface area (Å²) in [7, 11) is 0. The molecule has 3 atom stereocenters. The van der Waals surface area contributed by atoms with Crippen LogP contribution < -0.4 is 10.6 Å². The first kappa shape index (κ1) is 26.8. The third-order valence-corrected chi connectivity index (χ3v) is 9.38. The lowest BCUT2D eigenvalue weighted by Gasteiger charge is -2.53. The molecule has 7 rings (SSSR count). The van der Waals surface area contributed by atoms with Crippen LogP contribution >= 0.6 is 0 Å². The van der Waals surface area contributed by atoms with E-state index in [1.165, 1.54) is 6.42 Å². The second-order valence-electron chi connectivity index (χ2n) is 12.3. The Bertz CT molecular complexity index is 1330. The first-order chi connectivity index (χ1) is 19.3. The van der Waals surface area contributed by atoms with Crippen LogP contribution in [0.1, 0.15) is 56.3 Å². The van der Waals surface area contributed by atoms with Gasteiger partial charge in [-0.2, -0.15) is 0 Å². The molecular weight excluding hydrogens is 508 g/mol. The summed E-state index contributed by atoms with van der Waals surface area (Å²) in [4.78, 5) is 34.8. The predicted molar refractivity (Wildman–Crippen MR) is 149 cm³/mol. The highest BCUT2D eigenvalue weighted by molar-refractivity contribution is 5.91. The van der Waals surface area contributed by atoms with Crippen LogP contribution in [0, 0.1) is 23.7 Å². The van der Waals surface area contributed by atoms with Crippen molar-refractivity contribution in [3.05, 3.63) is 66.0 Å². The Morgan fingerprint density at radius 1 is 1.07 bits per heavy atom. The van der Waals surface area contributed by atoms with Gasteiger partial charge in [0.05, 0.1) is 12.6 Å². The van der Waals surface area contributed by atoms with Gasteiger partial charge in [0, 0.05) is 24.2 Å². The van der Waals surface area contributed by atoms with Gasteiger partial charge in [-0.3, -0.25) is 4.79 Å². The fraction of sp³-hybridized carbons (Fsp3) is 0.516. The molecule has 2 heterocycles. The number of pyridine rings is 1. The lowest BCUT2D eigenvalue weighted by molar-refractivity contribution is -0.130. The van der Waals surface area contributed by atoms with Crippen LogP contribution in [0.2, 0.25) is 0 Å². The first-order valence-corrected chi connectivity index (χ1v) is 14.4. The standard InChI is InChI=1S/C31H38N4O5/c1-31(15-23-16-33-28-24(23)8-5-9-32-28,29(38)34-25(17-36)26(37)20-6-3-2-4-7-20)35-30(39)40-27-21-11-18-10-19(13-21)14-22(27)12-18/h2-9,16,18-19,21-22,25-27,36-37H,10-15,17H2,1H3,(H,32,33)(H,34,38)(H,35,39)/t18?,19?,21?,22?,25-,26?,27?,31-/m0/s1. The number of benzene rings is 1. The largest absolute Gasteiger partial charge is 0.446 e. The van der Waals surface area contributed by atoms with Crippen LogP contribution in [0.4, 0.5) is 4.79 Å². The smallest absolute Gasteiger partial charge is 0.408 e. The minimum Gasteiger partial charge on any atom is -0.446 e. The zero-order valence-corrected chi connectivity index (χ0v) is 22.8. The van der Waals surface area contributed by atoms with Crippen LogP contribution in [-0.2, 0) is 16.0 Å². The third-order valence-electron chi connectivity index (χ3n) is 9.38. The molecule has 1 aromatic carbocycles. The number of aliphatic hydroxyl groups is 2. The summed E-state index contributed by atoms with van der Waals surface area (Å²) in [6.07, 6.45) is 7.52. The fourth-order valence-corrected chi connectivity index (χ4v) is 7.60. The number of hydrogen-bond donors (Lipinski definition) is 5. The lowest BCUT2D eigenvalue weighted by atomic mass is 9.55. The summed E-state index contributed by atoms with van der Waals surface area (Å²) in [5.74, 6) is 1.76. The Morgan fingerprint density at radius 2 is 1.77 bits per heavy atom. The quantitative estimate of drug-likeness (QED) is 0.278. The second kappa shape index (κ2) is 10.9. The van der Waals surface area contributed by atoms with E-state index in [-0.39, 0.29) is 12.5 Å². The molecule has 0 aliphatic heterocycles. The number of aromatic nitrogens is 2. The Labute approximate surface area is 233 Å². The maximum Gasteiger partial charge on any atom is 0.408 e. The van der Waals surface area contributed by atoms with Crippen molar-refractivity contribution in [2.75, 3.05) is 6.61 Å². The van der Waals surface area contributed by atoms with Crippen molar-refractivity contribution in [3.63, 3.8) is 0 Å². The van der Waals surface area contributed by atoms with Crippen molar-refractivity contribution < 1.29 is 24.5 Å². The number of ether oxygens (including phenoxy) is 1. The predicted octanol–water partition coefficient (Wildman–Crippen LogP) is 3.63. The van der Waals surface area contributed by atoms with Gasteiger partial charge in [-0.05, 0) is 86.0 Å². The van der Waals surface area contributed by atoms with E-state index in [2.05, 4.69) is 20.6 Å². The van der Waals surface area contributed by atoms with Crippen molar-refractivity contribution in [2.24, 2.45) is 23.7 Å². The van der Waals surface area contributed by atoms with E-state index in [0.717, 1.165) is 48.5 Å². The molecule has 2 amide bonds. The number of rotatable bonds is 9. The molecule has 4 aliphatic rings. The molecule has 0 saturated heterocycles. The van der Waals surface area contributed by atoms with E-state index in [1.807, 2.05) is 18.2 Å². The van der Waals surface area contributed by atoms with Crippen LogP contribution in [0.5, 0.6) is 0 Å². The second-order valence-corrected chi connectivity index (χ2v) is 12.3. The van der Waals surface area contributed by atoms with Gasteiger partial charge >= 0.3 is 6.09 Å². The number of hydrogen-bond acceptors (Lipinski definition) is 6. The number of fused-ring (bicyclic) bond motifs is 1. The number of amides is 2. The van der Waals surface area contributed by atoms with Gasteiger partial charge in [0.25, 0.3) is 0 Å². The Morgan fingerprint density at radius 3 is 2.45 bits per heavy atom. The van der Waals surface area contributed by atoms with Crippen LogP contribution in [0.15, 0.2) is 54.9 Å². The lowest BCUT2D eigenvalue weighted by Crippen LogP contribution is -2.61. The number of aromatic amines is 1. The summed E-state index contributed by atoms with van der Waals surface area (Å²) in [6, 6.07) is 11.6. The van der Waals surface area contributed by atoms with Crippen molar-refractivity contribution >= 4 is 23.0 Å². The normalized spacial score (nSPS) is 28.0. The number of carbonyl (C=O) groups excluding carboxylic acids is 2. The maximum atomic E-state index is 13.9. The zero-order valence-electron chi connectivity index (χ0n) is 22.8. The van der Waals surface area contributed by atoms with Gasteiger partial charge in [0.15, 0.2) is 0 Å². The molecule has 4 fully saturated rings. The fourth-order valence-electron chi connectivity index (χ4n) is 7.60. The van der Waals surface area contributed by atoms with Crippen LogP contribution in [0.25, 0.3) is 11.0 Å². The SMILES string of the molecule is C[C@@](Cc1c[nH]c2ncccc12)(NC(=O)OC1C2CC3CC(C2)CC1C3)C(=O)N[C@@H](CO)C(O)c1ccccc1. The molecule has 4 saturated carbocycles. The molecule has 9 nitrogen and oxygen atoms in total. The molecule has 4 bridgehead atoms. The molecule has 212 valence electrons. The molecule has 40 heavy (non-hydrogen) atoms. The molecule has 0 spiro atoms. The Kier molecular flexibility index (Phi) is 7.27. The van der Waals surface area contributed by atoms with Gasteiger partial charge in [0.2, 0.25) is 5.91 Å². The summed E-state index contributed by atoms with van der Waals surface area (Å²) in [6.45, 7) is 1.17. The highest BCUT2D eigenvalue weighted by Crippen LogP contribution is 2.54. The van der Waals surface area contributed by atoms with Crippen LogP contribution in [-0.4, -0.2) is 56.5 Å². The number of H-pyrrole nitrogens is 1. The number of carbonyl (C=O) groups is 2. The highest BCUT2D eigenvalue weighted by Gasteiger charge is 2.50. The molecule has 5 N–H and O–H groups in total. The number of aliphatic hydroxyl groups excluding tert-OH is 2. The van der Waals surface area contributed by atoms with Crippen molar-refractivity contribution in [1.29, 1.82) is 0 Å². The van der Waals surface area contributed by atoms with E-state index < -0.39 is 36.3 Å². The molecule has 0 radical (unpaired) electrons. The average molecular weight is 547 g/mol. The van der Waals surface area contributed by atoms with Crippen LogP contribution in [0.3, 0.4) is 0 Å². The summed E-state index contributed by atoms with van der Waals surface area (Å²) < 4.78 is 6.08. The first-order valence-electron chi connectivity index (χ1n) is 14.4. The Balaban J connectivity index is 1.22. The van der Waals surface area contributed by atoms with Gasteiger partial charge in [-0.15, -0.1) is 0 Å². The molecule has 3 aromatic rings. The van der Waals surface area contributed by atoms with E-state index in [4.69, 9.17) is 4.74 Å². The number of alkyl carbamates (subject to hydrolysis) is 1. The molecule has 2 aromatic heterocycles. The van der Waals surface area contributed by atoms with Gasteiger partial charge in [-0.1, -0.05) is 30.3 Å². The number of nitrogens with zero attached hydrogens (tertiary/aromatic N) is 1. The minimum absolute atomic E-state index is 0.123. The zero-order chi connectivity index (χ0) is 27.9. The van der Waals surface area contributed by atoms with E-state index in [0.29, 0.717) is 23.0 Å². The summed E-state index contributed by atoms with van der Waals surface area (Å²) in [5.41, 5.74) is 0.627. The monoisotopic (exact) mass is 546 g/mol. The van der Waals surface area contributed by atoms with E-state index in [1.54, 1.807) is 43.6 Å². The molecular formula is C31H38N4O5. The van der Waals surface area contributed by atoms with Crippen molar-refractivity contribution in [3.8, 4) is 0 Å². The average Bonchev–Trinajstić information content (AvgIpc) is 3.35. The maximum absolute atomic E-state index is 13.9. The Hall–Kier alpha value is -3.43. The van der Waals surface area contributed by atoms with E-state index >= 15 is 0 Å². The topological polar surface area (TPSA) is 137 Å². The molecule has 9 heteroatoms. The minimum atomic E-state index is -1.43. The van der Waals surface area contributed by atoms with Gasteiger partial charge in [0.1, 0.15) is 23.4 Å². The number of nitrogens with one attached hydrogen (secondary N) is 3. The highest BCUT2D eigenvalue weighted by atomic mass is 16.6. The summed E-state index contributed by atoms with van der Waals surface area (Å²) >= 11 is 0. The van der Waals surface area contributed by atoms with Gasteiger partial charge < -0.3 is 30.6 Å². The molecule has 4 aliphatic carbocycles.